The maximum atomic E-state index is 13.8. The number of nitriles is 1. The molecule has 3 amide bonds. The SMILES string of the molecule is N#Cc1cccc(C(NCC2CC2)c2ccc(F)c(NC=O)c2)c1.O=C(Nc1ccc(Cl)cc1)N1CCCC1. The fraction of sp³-hybridized carbons (Fsp3) is 0.300. The summed E-state index contributed by atoms with van der Waals surface area (Å²) in [5, 5.41) is 18.5. The lowest BCUT2D eigenvalue weighted by Gasteiger charge is -2.21. The van der Waals surface area contributed by atoms with Crippen LogP contribution in [0.1, 0.15) is 48.4 Å². The van der Waals surface area contributed by atoms with Crippen LogP contribution >= 0.6 is 11.6 Å². The second-order valence-electron chi connectivity index (χ2n) is 9.65. The number of carbonyl (C=O) groups excluding carboxylic acids is 2. The number of benzene rings is 3. The molecule has 5 rings (SSSR count). The third-order valence-corrected chi connectivity index (χ3v) is 6.94. The molecule has 3 N–H and O–H groups in total. The zero-order valence-corrected chi connectivity index (χ0v) is 22.3. The van der Waals surface area contributed by atoms with Crippen molar-refractivity contribution in [1.82, 2.24) is 10.2 Å². The average Bonchev–Trinajstić information content (AvgIpc) is 3.61. The minimum absolute atomic E-state index is 0.0187. The highest BCUT2D eigenvalue weighted by atomic mass is 35.5. The third kappa shape index (κ3) is 8.28. The summed E-state index contributed by atoms with van der Waals surface area (Å²) in [6.07, 6.45) is 5.12. The first kappa shape index (κ1) is 28.1. The smallest absolute Gasteiger partial charge is 0.321 e. The van der Waals surface area contributed by atoms with E-state index in [0.717, 1.165) is 49.3 Å². The van der Waals surface area contributed by atoms with E-state index >= 15 is 0 Å². The molecule has 9 heteroatoms. The Balaban J connectivity index is 0.000000202. The third-order valence-electron chi connectivity index (χ3n) is 6.68. The number of nitrogens with one attached hydrogen (secondary N) is 3. The van der Waals surface area contributed by atoms with Gasteiger partial charge in [-0.3, -0.25) is 4.79 Å². The van der Waals surface area contributed by atoms with Crippen molar-refractivity contribution in [1.29, 1.82) is 5.26 Å². The molecule has 2 aliphatic rings. The van der Waals surface area contributed by atoms with Gasteiger partial charge in [-0.2, -0.15) is 5.26 Å². The molecule has 1 saturated heterocycles. The number of nitrogens with zero attached hydrogens (tertiary/aromatic N) is 2. The van der Waals surface area contributed by atoms with Crippen LogP contribution in [0.15, 0.2) is 66.7 Å². The highest BCUT2D eigenvalue weighted by Gasteiger charge is 2.24. The molecule has 7 nitrogen and oxygen atoms in total. The number of likely N-dealkylation sites (tertiary alicyclic amines) is 1. The Morgan fingerprint density at radius 1 is 1.08 bits per heavy atom. The lowest BCUT2D eigenvalue weighted by molar-refractivity contribution is -0.105. The fourth-order valence-corrected chi connectivity index (χ4v) is 4.50. The molecule has 202 valence electrons. The zero-order valence-electron chi connectivity index (χ0n) is 21.5. The quantitative estimate of drug-likeness (QED) is 0.287. The van der Waals surface area contributed by atoms with Gasteiger partial charge in [0.15, 0.2) is 0 Å². The monoisotopic (exact) mass is 547 g/mol. The van der Waals surface area contributed by atoms with E-state index in [1.54, 1.807) is 42.5 Å². The van der Waals surface area contributed by atoms with Crippen molar-refractivity contribution in [3.63, 3.8) is 0 Å². The Hall–Kier alpha value is -3.93. The van der Waals surface area contributed by atoms with Crippen molar-refractivity contribution < 1.29 is 14.0 Å². The number of urea groups is 1. The molecule has 0 aromatic heterocycles. The normalized spacial score (nSPS) is 14.9. The van der Waals surface area contributed by atoms with Crippen LogP contribution in [0.3, 0.4) is 0 Å². The van der Waals surface area contributed by atoms with Crippen molar-refractivity contribution in [2.75, 3.05) is 30.3 Å². The Morgan fingerprint density at radius 3 is 2.46 bits per heavy atom. The first-order valence-corrected chi connectivity index (χ1v) is 13.4. The molecule has 39 heavy (non-hydrogen) atoms. The average molecular weight is 548 g/mol. The predicted molar refractivity (Wildman–Crippen MR) is 151 cm³/mol. The maximum absolute atomic E-state index is 13.8. The van der Waals surface area contributed by atoms with E-state index in [0.29, 0.717) is 22.9 Å². The van der Waals surface area contributed by atoms with E-state index in [1.165, 1.54) is 18.9 Å². The Labute approximate surface area is 233 Å². The summed E-state index contributed by atoms with van der Waals surface area (Å²) in [7, 11) is 0. The molecule has 2 fully saturated rings. The number of carbonyl (C=O) groups is 2. The van der Waals surface area contributed by atoms with Gasteiger partial charge in [-0.1, -0.05) is 29.8 Å². The van der Waals surface area contributed by atoms with Crippen molar-refractivity contribution in [3.05, 3.63) is 94.3 Å². The number of anilines is 2. The summed E-state index contributed by atoms with van der Waals surface area (Å²) in [6, 6.07) is 21.2. The molecule has 3 aromatic rings. The van der Waals surface area contributed by atoms with Crippen molar-refractivity contribution in [3.8, 4) is 6.07 Å². The van der Waals surface area contributed by atoms with Crippen molar-refractivity contribution in [2.24, 2.45) is 5.92 Å². The van der Waals surface area contributed by atoms with Crippen LogP contribution in [0.4, 0.5) is 20.6 Å². The number of hydrogen-bond donors (Lipinski definition) is 3. The summed E-state index contributed by atoms with van der Waals surface area (Å²) in [5.41, 5.74) is 3.31. The van der Waals surface area contributed by atoms with Gasteiger partial charge in [0.2, 0.25) is 6.41 Å². The first-order chi connectivity index (χ1) is 19.0. The van der Waals surface area contributed by atoms with Gasteiger partial charge in [-0.05, 0) is 97.8 Å². The molecule has 1 atom stereocenters. The van der Waals surface area contributed by atoms with E-state index in [9.17, 15) is 14.0 Å². The molecule has 1 unspecified atom stereocenters. The summed E-state index contributed by atoms with van der Waals surface area (Å²) in [4.78, 5) is 24.2. The van der Waals surface area contributed by atoms with Gasteiger partial charge in [-0.25, -0.2) is 9.18 Å². The van der Waals surface area contributed by atoms with Gasteiger partial charge in [0.1, 0.15) is 5.82 Å². The van der Waals surface area contributed by atoms with Crippen molar-refractivity contribution >= 4 is 35.4 Å². The summed E-state index contributed by atoms with van der Waals surface area (Å²) >= 11 is 5.75. The number of halogens is 2. The molecular formula is C30H31ClFN5O2. The topological polar surface area (TPSA) is 97.3 Å². The van der Waals surface area contributed by atoms with E-state index in [-0.39, 0.29) is 17.8 Å². The molecule has 3 aromatic carbocycles. The van der Waals surface area contributed by atoms with Gasteiger partial charge < -0.3 is 20.9 Å². The van der Waals surface area contributed by atoms with Gasteiger partial charge in [0, 0.05) is 23.8 Å². The van der Waals surface area contributed by atoms with Gasteiger partial charge >= 0.3 is 6.03 Å². The molecule has 0 radical (unpaired) electrons. The summed E-state index contributed by atoms with van der Waals surface area (Å²) in [6.45, 7) is 2.59. The Bertz CT molecular complexity index is 1320. The lowest BCUT2D eigenvalue weighted by atomic mass is 9.96. The van der Waals surface area contributed by atoms with Crippen molar-refractivity contribution in [2.45, 2.75) is 31.7 Å². The first-order valence-electron chi connectivity index (χ1n) is 13.0. The number of rotatable bonds is 8. The molecule has 1 heterocycles. The summed E-state index contributed by atoms with van der Waals surface area (Å²) in [5.74, 6) is 0.206. The van der Waals surface area contributed by atoms with Crippen LogP contribution in [0.25, 0.3) is 0 Å². The molecule has 1 aliphatic heterocycles. The molecule has 1 aliphatic carbocycles. The van der Waals surface area contributed by atoms with Crippen LogP contribution in [-0.2, 0) is 4.79 Å². The van der Waals surface area contributed by atoms with Crippen LogP contribution in [0.5, 0.6) is 0 Å². The van der Waals surface area contributed by atoms with E-state index in [1.807, 2.05) is 23.1 Å². The van der Waals surface area contributed by atoms with Gasteiger partial charge in [0.05, 0.1) is 23.4 Å². The largest absolute Gasteiger partial charge is 0.326 e. The van der Waals surface area contributed by atoms with Gasteiger partial charge in [-0.15, -0.1) is 0 Å². The van der Waals surface area contributed by atoms with Crippen LogP contribution < -0.4 is 16.0 Å². The zero-order chi connectivity index (χ0) is 27.6. The molecular weight excluding hydrogens is 517 g/mol. The highest BCUT2D eigenvalue weighted by molar-refractivity contribution is 6.30. The van der Waals surface area contributed by atoms with Gasteiger partial charge in [0.25, 0.3) is 0 Å². The molecule has 1 saturated carbocycles. The van der Waals surface area contributed by atoms with E-state index in [4.69, 9.17) is 16.9 Å². The molecule has 0 bridgehead atoms. The standard InChI is InChI=1S/C19H18FN3O.C11H13ClN2O/c20-17-7-6-16(9-18(17)23-12-24)19(22-11-13-4-5-13)15-3-1-2-14(8-15)10-21;12-9-3-5-10(6-4-9)13-11(15)14-7-1-2-8-14/h1-3,6-9,12-13,19,22H,4-5,11H2,(H,23,24);3-6H,1-2,7-8H2,(H,13,15). The predicted octanol–water partition coefficient (Wildman–Crippen LogP) is 6.32. The second kappa shape index (κ2) is 13.7. The maximum Gasteiger partial charge on any atom is 0.321 e. The Kier molecular flexibility index (Phi) is 9.90. The minimum atomic E-state index is -0.474. The minimum Gasteiger partial charge on any atom is -0.326 e. The second-order valence-corrected chi connectivity index (χ2v) is 10.1. The lowest BCUT2D eigenvalue weighted by Crippen LogP contribution is -2.32. The number of hydrogen-bond acceptors (Lipinski definition) is 4. The van der Waals surface area contributed by atoms with Crippen LogP contribution in [0.2, 0.25) is 5.02 Å². The van der Waals surface area contributed by atoms with E-state index < -0.39 is 5.82 Å². The molecule has 0 spiro atoms. The number of amides is 3. The Morgan fingerprint density at radius 2 is 1.79 bits per heavy atom. The fourth-order valence-electron chi connectivity index (χ4n) is 4.37. The summed E-state index contributed by atoms with van der Waals surface area (Å²) < 4.78 is 13.8. The van der Waals surface area contributed by atoms with Crippen LogP contribution in [-0.4, -0.2) is 37.0 Å². The van der Waals surface area contributed by atoms with Crippen LogP contribution in [0, 0.1) is 23.1 Å². The highest BCUT2D eigenvalue weighted by Crippen LogP contribution is 2.31. The van der Waals surface area contributed by atoms with E-state index in [2.05, 4.69) is 22.0 Å².